The van der Waals surface area contributed by atoms with Gasteiger partial charge in [0.1, 0.15) is 5.69 Å². The van der Waals surface area contributed by atoms with Crippen LogP contribution in [0.1, 0.15) is 60.7 Å². The van der Waals surface area contributed by atoms with Crippen LogP contribution >= 0.6 is 0 Å². The van der Waals surface area contributed by atoms with E-state index in [1.165, 1.54) is 25.5 Å². The fourth-order valence-corrected chi connectivity index (χ4v) is 5.31. The maximum atomic E-state index is 13.1. The molecule has 0 radical (unpaired) electrons. The fourth-order valence-electron chi connectivity index (χ4n) is 5.31. The zero-order chi connectivity index (χ0) is 21.4. The van der Waals surface area contributed by atoms with E-state index in [1.54, 1.807) is 22.8 Å². The zero-order valence-electron chi connectivity index (χ0n) is 17.5. The number of nitrogens with one attached hydrogen (secondary N) is 2. The summed E-state index contributed by atoms with van der Waals surface area (Å²) in [5.41, 5.74) is 0.983. The van der Waals surface area contributed by atoms with Gasteiger partial charge in [0.15, 0.2) is 5.76 Å². The summed E-state index contributed by atoms with van der Waals surface area (Å²) in [5.74, 6) is 0.0898. The van der Waals surface area contributed by atoms with Gasteiger partial charge in [0.05, 0.1) is 6.26 Å². The normalized spacial score (nSPS) is 23.2. The number of aromatic nitrogens is 1. The van der Waals surface area contributed by atoms with Crippen LogP contribution in [0.2, 0.25) is 0 Å². The van der Waals surface area contributed by atoms with Crippen molar-refractivity contribution >= 4 is 17.6 Å². The van der Waals surface area contributed by atoms with Gasteiger partial charge in [-0.25, -0.2) is 4.79 Å². The Morgan fingerprint density at radius 3 is 2.65 bits per heavy atom. The van der Waals surface area contributed by atoms with E-state index in [2.05, 4.69) is 10.6 Å². The van der Waals surface area contributed by atoms with Crippen molar-refractivity contribution in [2.24, 2.45) is 5.92 Å². The van der Waals surface area contributed by atoms with Crippen molar-refractivity contribution < 1.29 is 14.0 Å². The quantitative estimate of drug-likeness (QED) is 0.791. The number of urea groups is 1. The SMILES string of the molecule is O=C(Nc1ccc2n(c1=O)CC1CC2CN(C(=O)NC2CCCCC2)C1)c1ccco1. The summed E-state index contributed by atoms with van der Waals surface area (Å²) in [6.45, 7) is 1.83. The summed E-state index contributed by atoms with van der Waals surface area (Å²) in [6, 6.07) is 7.08. The molecule has 3 amide bonds. The average molecular weight is 425 g/mol. The predicted octanol–water partition coefficient (Wildman–Crippen LogP) is 3.16. The molecule has 0 spiro atoms. The third-order valence-corrected chi connectivity index (χ3v) is 6.82. The summed E-state index contributed by atoms with van der Waals surface area (Å²) >= 11 is 0. The Balaban J connectivity index is 1.30. The summed E-state index contributed by atoms with van der Waals surface area (Å²) in [5, 5.41) is 5.88. The van der Waals surface area contributed by atoms with E-state index in [0.717, 1.165) is 25.0 Å². The summed E-state index contributed by atoms with van der Waals surface area (Å²) in [6.07, 6.45) is 8.16. The third kappa shape index (κ3) is 3.98. The smallest absolute Gasteiger partial charge is 0.317 e. The van der Waals surface area contributed by atoms with Crippen LogP contribution in [0.5, 0.6) is 0 Å². The second kappa shape index (κ2) is 8.24. The van der Waals surface area contributed by atoms with Crippen LogP contribution in [0.4, 0.5) is 10.5 Å². The molecule has 2 aliphatic heterocycles. The van der Waals surface area contributed by atoms with Gasteiger partial charge in [0.25, 0.3) is 11.5 Å². The van der Waals surface area contributed by atoms with Crippen molar-refractivity contribution in [3.8, 4) is 0 Å². The average Bonchev–Trinajstić information content (AvgIpc) is 3.32. The van der Waals surface area contributed by atoms with Crippen LogP contribution in [0, 0.1) is 5.92 Å². The van der Waals surface area contributed by atoms with Crippen molar-refractivity contribution in [3.63, 3.8) is 0 Å². The Hall–Kier alpha value is -3.03. The number of pyridine rings is 1. The molecule has 2 atom stereocenters. The summed E-state index contributed by atoms with van der Waals surface area (Å²) < 4.78 is 6.88. The van der Waals surface area contributed by atoms with Crippen LogP contribution in [0.25, 0.3) is 0 Å². The first-order valence-corrected chi connectivity index (χ1v) is 11.2. The van der Waals surface area contributed by atoms with Gasteiger partial charge in [-0.05, 0) is 49.4 Å². The Morgan fingerprint density at radius 1 is 1.03 bits per heavy atom. The van der Waals surface area contributed by atoms with Crippen molar-refractivity contribution in [2.45, 2.75) is 57.0 Å². The number of furan rings is 1. The number of likely N-dealkylation sites (tertiary alicyclic amines) is 1. The monoisotopic (exact) mass is 424 g/mol. The Kier molecular flexibility index (Phi) is 5.29. The number of nitrogens with zero attached hydrogens (tertiary/aromatic N) is 2. The standard InChI is InChI=1S/C23H28N4O4/c28-21(20-7-4-10-31-20)25-18-8-9-19-16-11-15(13-27(19)22(18)29)12-26(14-16)23(30)24-17-5-2-1-3-6-17/h4,7-10,15-17H,1-3,5-6,11-14H2,(H,24,30)(H,25,28). The summed E-state index contributed by atoms with van der Waals surface area (Å²) in [7, 11) is 0. The molecule has 2 N–H and O–H groups in total. The topological polar surface area (TPSA) is 96.6 Å². The lowest BCUT2D eigenvalue weighted by atomic mass is 9.83. The van der Waals surface area contributed by atoms with Crippen molar-refractivity contribution in [1.82, 2.24) is 14.8 Å². The van der Waals surface area contributed by atoms with E-state index in [0.29, 0.717) is 25.7 Å². The molecule has 2 aromatic heterocycles. The minimum Gasteiger partial charge on any atom is -0.459 e. The highest BCUT2D eigenvalue weighted by atomic mass is 16.3. The van der Waals surface area contributed by atoms with E-state index < -0.39 is 5.91 Å². The lowest BCUT2D eigenvalue weighted by Gasteiger charge is -2.43. The number of piperidine rings is 1. The van der Waals surface area contributed by atoms with Crippen molar-refractivity contribution in [2.75, 3.05) is 18.4 Å². The molecule has 2 aromatic rings. The molecule has 1 aliphatic carbocycles. The molecule has 1 saturated heterocycles. The first kappa shape index (κ1) is 19.9. The lowest BCUT2D eigenvalue weighted by molar-refractivity contribution is 0.0996. The van der Waals surface area contributed by atoms with E-state index in [9.17, 15) is 14.4 Å². The second-order valence-corrected chi connectivity index (χ2v) is 9.01. The minimum absolute atomic E-state index is 0.0275. The van der Waals surface area contributed by atoms with Crippen LogP contribution in [-0.2, 0) is 6.54 Å². The van der Waals surface area contributed by atoms with Gasteiger partial charge in [-0.2, -0.15) is 0 Å². The zero-order valence-corrected chi connectivity index (χ0v) is 17.5. The molecule has 2 bridgehead atoms. The molecular weight excluding hydrogens is 396 g/mol. The van der Waals surface area contributed by atoms with Crippen LogP contribution in [0.15, 0.2) is 39.7 Å². The Labute approximate surface area is 180 Å². The van der Waals surface area contributed by atoms with Gasteiger partial charge in [-0.3, -0.25) is 9.59 Å². The highest BCUT2D eigenvalue weighted by molar-refractivity contribution is 6.02. The van der Waals surface area contributed by atoms with E-state index in [4.69, 9.17) is 4.42 Å². The first-order chi connectivity index (χ1) is 15.1. The molecule has 31 heavy (non-hydrogen) atoms. The molecule has 8 nitrogen and oxygen atoms in total. The Bertz CT molecular complexity index is 1020. The highest BCUT2D eigenvalue weighted by Gasteiger charge is 2.37. The predicted molar refractivity (Wildman–Crippen MR) is 115 cm³/mol. The maximum Gasteiger partial charge on any atom is 0.317 e. The molecule has 8 heteroatoms. The van der Waals surface area contributed by atoms with Gasteiger partial charge in [-0.15, -0.1) is 0 Å². The third-order valence-electron chi connectivity index (χ3n) is 6.82. The lowest BCUT2D eigenvalue weighted by Crippen LogP contribution is -2.53. The number of carbonyl (C=O) groups excluding carboxylic acids is 2. The number of rotatable bonds is 3. The molecular formula is C23H28N4O4. The molecule has 2 fully saturated rings. The van der Waals surface area contributed by atoms with Crippen molar-refractivity contribution in [3.05, 3.63) is 52.3 Å². The number of anilines is 1. The van der Waals surface area contributed by atoms with E-state index >= 15 is 0 Å². The molecule has 164 valence electrons. The van der Waals surface area contributed by atoms with Crippen LogP contribution in [-0.4, -0.2) is 40.5 Å². The molecule has 4 heterocycles. The van der Waals surface area contributed by atoms with Crippen LogP contribution in [0.3, 0.4) is 0 Å². The fraction of sp³-hybridized carbons (Fsp3) is 0.522. The van der Waals surface area contributed by atoms with Gasteiger partial charge in [-0.1, -0.05) is 19.3 Å². The van der Waals surface area contributed by atoms with Gasteiger partial charge in [0.2, 0.25) is 0 Å². The minimum atomic E-state index is -0.441. The van der Waals surface area contributed by atoms with Gasteiger partial charge >= 0.3 is 6.03 Å². The largest absolute Gasteiger partial charge is 0.459 e. The number of carbonyl (C=O) groups is 2. The van der Waals surface area contributed by atoms with E-state index in [1.807, 2.05) is 11.0 Å². The first-order valence-electron chi connectivity index (χ1n) is 11.2. The Morgan fingerprint density at radius 2 is 1.87 bits per heavy atom. The number of amides is 3. The van der Waals surface area contributed by atoms with Crippen LogP contribution < -0.4 is 16.2 Å². The van der Waals surface area contributed by atoms with Gasteiger partial charge in [0, 0.05) is 37.3 Å². The molecule has 5 rings (SSSR count). The van der Waals surface area contributed by atoms with E-state index in [-0.39, 0.29) is 34.9 Å². The van der Waals surface area contributed by atoms with Crippen molar-refractivity contribution in [1.29, 1.82) is 0 Å². The highest BCUT2D eigenvalue weighted by Crippen LogP contribution is 2.35. The number of hydrogen-bond donors (Lipinski definition) is 2. The molecule has 2 unspecified atom stereocenters. The second-order valence-electron chi connectivity index (χ2n) is 9.01. The maximum absolute atomic E-state index is 13.1. The molecule has 0 aromatic carbocycles. The number of fused-ring (bicyclic) bond motifs is 4. The molecule has 3 aliphatic rings. The van der Waals surface area contributed by atoms with Gasteiger partial charge < -0.3 is 24.5 Å². The molecule has 1 saturated carbocycles. The number of hydrogen-bond acceptors (Lipinski definition) is 4. The summed E-state index contributed by atoms with van der Waals surface area (Å²) in [4.78, 5) is 40.1.